The van der Waals surface area contributed by atoms with Crippen molar-refractivity contribution in [2.24, 2.45) is 17.8 Å². The molecule has 1 aliphatic carbocycles. The molecule has 3 aliphatic rings. The van der Waals surface area contributed by atoms with E-state index in [2.05, 4.69) is 16.2 Å². The van der Waals surface area contributed by atoms with E-state index < -0.39 is 26.8 Å². The maximum atomic E-state index is 13.4. The van der Waals surface area contributed by atoms with E-state index in [1.165, 1.54) is 5.56 Å². The first kappa shape index (κ1) is 32.6. The van der Waals surface area contributed by atoms with Crippen molar-refractivity contribution in [2.45, 2.75) is 82.7 Å². The summed E-state index contributed by atoms with van der Waals surface area (Å²) in [5.74, 6) is 0.0190. The quantitative estimate of drug-likeness (QED) is 0.357. The molecule has 2 N–H and O–H groups in total. The van der Waals surface area contributed by atoms with Crippen molar-refractivity contribution in [1.82, 2.24) is 4.72 Å². The fraction of sp³-hybridized carbons (Fsp3) is 0.514. The lowest BCUT2D eigenvalue weighted by molar-refractivity contribution is -0.0498. The van der Waals surface area contributed by atoms with Crippen molar-refractivity contribution >= 4 is 33.2 Å². The van der Waals surface area contributed by atoms with Crippen LogP contribution in [0.5, 0.6) is 5.75 Å². The van der Waals surface area contributed by atoms with Gasteiger partial charge >= 0.3 is 0 Å². The number of hydrogen-bond donors (Lipinski definition) is 2. The first-order chi connectivity index (χ1) is 21.0. The third-order valence-electron chi connectivity index (χ3n) is 9.94. The van der Waals surface area contributed by atoms with Crippen LogP contribution in [0.15, 0.2) is 61.2 Å². The van der Waals surface area contributed by atoms with Gasteiger partial charge in [0.05, 0.1) is 16.5 Å². The van der Waals surface area contributed by atoms with Crippen LogP contribution >= 0.6 is 11.6 Å². The van der Waals surface area contributed by atoms with Gasteiger partial charge in [-0.05, 0) is 118 Å². The first-order valence-corrected chi connectivity index (χ1v) is 17.8. The standard InChI is InChI=1S/C35H45ClN2O5S/c1-4-5-17-35(40)18-8-9-24(2)25(3)44(41,42)37-34(39)27-13-16-33-32(21-27)38(22-28-12-15-31(28)35)19-7-6-10-26-20-30(36)14-11-29(26)23-43-33/h4,8,11,13-14,16,18,20-21,24-25,28,31,40H,1,5-7,9-10,12,15,17,19,22-23H2,2-3H3,(H,37,39)/b18-8+/t24-,25+,28-,31?,35-/m0/s1. The van der Waals surface area contributed by atoms with Crippen LogP contribution in [-0.4, -0.2) is 43.4 Å². The molecule has 1 saturated carbocycles. The Bertz CT molecular complexity index is 1510. The van der Waals surface area contributed by atoms with Crippen molar-refractivity contribution in [1.29, 1.82) is 0 Å². The number of rotatable bonds is 3. The summed E-state index contributed by atoms with van der Waals surface area (Å²) in [6.07, 6.45) is 12.0. The van der Waals surface area contributed by atoms with E-state index in [0.29, 0.717) is 43.2 Å². The zero-order chi connectivity index (χ0) is 31.5. The number of amides is 1. The largest absolute Gasteiger partial charge is 0.487 e. The average Bonchev–Trinajstić information content (AvgIpc) is 3.00. The molecule has 2 heterocycles. The number of nitrogens with one attached hydrogen (secondary N) is 1. The molecule has 0 spiro atoms. The maximum absolute atomic E-state index is 13.4. The zero-order valence-electron chi connectivity index (χ0n) is 25.8. The van der Waals surface area contributed by atoms with Crippen LogP contribution in [0.2, 0.25) is 5.02 Å². The predicted molar refractivity (Wildman–Crippen MR) is 177 cm³/mol. The second-order valence-electron chi connectivity index (χ2n) is 12.8. The van der Waals surface area contributed by atoms with Gasteiger partial charge in [0.15, 0.2) is 0 Å². The molecule has 2 bridgehead atoms. The van der Waals surface area contributed by atoms with Gasteiger partial charge in [-0.2, -0.15) is 0 Å². The number of aliphatic hydroxyl groups is 1. The number of allylic oxidation sites excluding steroid dienone is 2. The third-order valence-corrected chi connectivity index (χ3v) is 12.1. The second-order valence-corrected chi connectivity index (χ2v) is 15.3. The molecular formula is C35H45ClN2O5S. The van der Waals surface area contributed by atoms with E-state index in [-0.39, 0.29) is 23.3 Å². The number of aryl methyl sites for hydroxylation is 1. The number of benzene rings is 2. The van der Waals surface area contributed by atoms with Crippen LogP contribution in [0, 0.1) is 17.8 Å². The van der Waals surface area contributed by atoms with E-state index in [9.17, 15) is 18.3 Å². The minimum absolute atomic E-state index is 0.0588. The van der Waals surface area contributed by atoms with Crippen molar-refractivity contribution < 1.29 is 23.1 Å². The minimum Gasteiger partial charge on any atom is -0.487 e. The Hall–Kier alpha value is -2.81. The molecule has 2 aliphatic heterocycles. The molecule has 0 radical (unpaired) electrons. The summed E-state index contributed by atoms with van der Waals surface area (Å²) in [7, 11) is -3.95. The summed E-state index contributed by atoms with van der Waals surface area (Å²) in [6, 6.07) is 11.1. The Morgan fingerprint density at radius 2 is 1.98 bits per heavy atom. The minimum atomic E-state index is -3.95. The number of sulfonamides is 1. The molecule has 0 aromatic heterocycles. The fourth-order valence-electron chi connectivity index (χ4n) is 6.80. The summed E-state index contributed by atoms with van der Waals surface area (Å²) in [5, 5.41) is 11.9. The molecule has 0 saturated heterocycles. The summed E-state index contributed by atoms with van der Waals surface area (Å²) in [5.41, 5.74) is 2.25. The van der Waals surface area contributed by atoms with Crippen LogP contribution in [0.3, 0.4) is 0 Å². The topological polar surface area (TPSA) is 95.9 Å². The number of anilines is 1. The van der Waals surface area contributed by atoms with Gasteiger partial charge in [0.1, 0.15) is 12.4 Å². The molecule has 9 heteroatoms. The van der Waals surface area contributed by atoms with Crippen molar-refractivity contribution in [3.8, 4) is 5.75 Å². The lowest BCUT2D eigenvalue weighted by Gasteiger charge is -2.48. The molecule has 1 amide bonds. The monoisotopic (exact) mass is 640 g/mol. The van der Waals surface area contributed by atoms with Crippen molar-refractivity contribution in [2.75, 3.05) is 18.0 Å². The van der Waals surface area contributed by atoms with Crippen molar-refractivity contribution in [3.05, 3.63) is 82.9 Å². The summed E-state index contributed by atoms with van der Waals surface area (Å²) >= 11 is 6.33. The lowest BCUT2D eigenvalue weighted by atomic mass is 9.63. The van der Waals surface area contributed by atoms with Crippen molar-refractivity contribution in [3.63, 3.8) is 0 Å². The van der Waals surface area contributed by atoms with Gasteiger partial charge < -0.3 is 14.7 Å². The van der Waals surface area contributed by atoms with Gasteiger partial charge in [-0.25, -0.2) is 13.1 Å². The Labute approximate surface area is 267 Å². The molecule has 2 aromatic carbocycles. The van der Waals surface area contributed by atoms with Crippen LogP contribution < -0.4 is 14.4 Å². The predicted octanol–water partition coefficient (Wildman–Crippen LogP) is 6.83. The smallest absolute Gasteiger partial charge is 0.264 e. The molecule has 1 unspecified atom stereocenters. The maximum Gasteiger partial charge on any atom is 0.264 e. The van der Waals surface area contributed by atoms with E-state index in [0.717, 1.165) is 49.9 Å². The normalized spacial score (nSPS) is 29.8. The number of carbonyl (C=O) groups is 1. The molecular weight excluding hydrogens is 596 g/mol. The van der Waals surface area contributed by atoms with E-state index >= 15 is 0 Å². The Balaban J connectivity index is 1.57. The van der Waals surface area contributed by atoms with Crippen LogP contribution in [0.25, 0.3) is 0 Å². The van der Waals surface area contributed by atoms with Gasteiger partial charge in [0, 0.05) is 23.7 Å². The molecule has 5 atom stereocenters. The van der Waals surface area contributed by atoms with Crippen LogP contribution in [0.1, 0.15) is 80.3 Å². The summed E-state index contributed by atoms with van der Waals surface area (Å²) < 4.78 is 35.3. The Morgan fingerprint density at radius 3 is 2.73 bits per heavy atom. The second kappa shape index (κ2) is 13.7. The molecule has 2 aromatic rings. The number of nitrogens with zero attached hydrogens (tertiary/aromatic N) is 1. The first-order valence-electron chi connectivity index (χ1n) is 15.9. The lowest BCUT2D eigenvalue weighted by Crippen LogP contribution is -2.50. The highest BCUT2D eigenvalue weighted by atomic mass is 35.5. The highest BCUT2D eigenvalue weighted by molar-refractivity contribution is 7.90. The fourth-order valence-corrected chi connectivity index (χ4v) is 8.28. The average molecular weight is 641 g/mol. The van der Waals surface area contributed by atoms with Gasteiger partial charge in [0.25, 0.3) is 5.91 Å². The van der Waals surface area contributed by atoms with E-state index in [4.69, 9.17) is 16.3 Å². The summed E-state index contributed by atoms with van der Waals surface area (Å²) in [4.78, 5) is 15.7. The zero-order valence-corrected chi connectivity index (χ0v) is 27.4. The van der Waals surface area contributed by atoms with E-state index in [1.54, 1.807) is 25.1 Å². The van der Waals surface area contributed by atoms with Gasteiger partial charge in [-0.3, -0.25) is 4.79 Å². The molecule has 5 rings (SSSR count). The SMILES string of the molecule is C=CCC[C@]1(O)/C=C/C[C@H](C)[C@@H](C)S(=O)(=O)NC(=O)c2ccc3c(c2)N(CCCCc2cc(Cl)ccc2CO3)C[C@@H]2CCC21. The molecule has 1 fully saturated rings. The number of carbonyl (C=O) groups excluding carboxylic acids is 1. The van der Waals surface area contributed by atoms with Crippen LogP contribution in [0.4, 0.5) is 5.69 Å². The van der Waals surface area contributed by atoms with Gasteiger partial charge in [0.2, 0.25) is 10.0 Å². The number of halogens is 1. The van der Waals surface area contributed by atoms with Crippen LogP contribution in [-0.2, 0) is 23.1 Å². The number of fused-ring (bicyclic) bond motifs is 3. The van der Waals surface area contributed by atoms with Gasteiger partial charge in [-0.1, -0.05) is 42.8 Å². The Kier molecular flexibility index (Phi) is 10.1. The third kappa shape index (κ3) is 7.19. The number of hydrogen-bond acceptors (Lipinski definition) is 6. The highest BCUT2D eigenvalue weighted by Crippen LogP contribution is 2.46. The molecule has 238 valence electrons. The molecule has 44 heavy (non-hydrogen) atoms. The van der Waals surface area contributed by atoms with E-state index in [1.807, 2.05) is 43.4 Å². The van der Waals surface area contributed by atoms with Gasteiger partial charge in [-0.15, -0.1) is 6.58 Å². The highest BCUT2D eigenvalue weighted by Gasteiger charge is 2.45. The number of ether oxygens (including phenoxy) is 1. The molecule has 7 nitrogen and oxygen atoms in total. The Morgan fingerprint density at radius 1 is 1.16 bits per heavy atom. The summed E-state index contributed by atoms with van der Waals surface area (Å²) in [6.45, 7) is 9.14.